The fourth-order valence-corrected chi connectivity index (χ4v) is 2.50. The Kier molecular flexibility index (Phi) is 6.74. The molecule has 2 rings (SSSR count). The molecule has 0 aromatic carbocycles. The number of carbonyl (C=O) groups excluding carboxylic acids is 1. The van der Waals surface area contributed by atoms with Crippen molar-refractivity contribution in [3.05, 3.63) is 47.4 Å². The topological polar surface area (TPSA) is 73.8 Å². The standard InChI is InChI=1S/C20H27N3O4/c1-14-9-15(13-25-5)16(11-22-14)12-23(19(24)27-20(2,3)4)17-7-8-21-18(10-17)26-6/h7-11H,12-13H2,1-6H3. The van der Waals surface area contributed by atoms with Gasteiger partial charge in [0, 0.05) is 31.3 Å². The third-order valence-electron chi connectivity index (χ3n) is 3.70. The van der Waals surface area contributed by atoms with Gasteiger partial charge in [-0.25, -0.2) is 9.78 Å². The number of methoxy groups -OCH3 is 2. The van der Waals surface area contributed by atoms with Crippen LogP contribution in [0.25, 0.3) is 0 Å². The molecule has 0 N–H and O–H groups in total. The Labute approximate surface area is 160 Å². The molecule has 0 atom stereocenters. The SMILES string of the molecule is COCc1cc(C)ncc1CN(C(=O)OC(C)(C)C)c1ccnc(OC)c1. The van der Waals surface area contributed by atoms with Crippen LogP contribution in [-0.2, 0) is 22.6 Å². The number of amides is 1. The van der Waals surface area contributed by atoms with Crippen LogP contribution in [0.1, 0.15) is 37.6 Å². The van der Waals surface area contributed by atoms with Gasteiger partial charge in [-0.05, 0) is 51.0 Å². The Balaban J connectivity index is 2.42. The quantitative estimate of drug-likeness (QED) is 0.765. The van der Waals surface area contributed by atoms with Crippen LogP contribution in [0.4, 0.5) is 10.5 Å². The Bertz CT molecular complexity index is 787. The lowest BCUT2D eigenvalue weighted by Crippen LogP contribution is -2.36. The second-order valence-corrected chi connectivity index (χ2v) is 7.15. The molecule has 0 bridgehead atoms. The summed E-state index contributed by atoms with van der Waals surface area (Å²) in [4.78, 5) is 22.9. The average molecular weight is 373 g/mol. The van der Waals surface area contributed by atoms with Crippen molar-refractivity contribution in [2.24, 2.45) is 0 Å². The predicted octanol–water partition coefficient (Wildman–Crippen LogP) is 3.88. The minimum atomic E-state index is -0.618. The van der Waals surface area contributed by atoms with E-state index in [0.29, 0.717) is 18.2 Å². The van der Waals surface area contributed by atoms with E-state index in [0.717, 1.165) is 16.8 Å². The lowest BCUT2D eigenvalue weighted by molar-refractivity contribution is 0.0577. The summed E-state index contributed by atoms with van der Waals surface area (Å²) in [6.07, 6.45) is 2.90. The van der Waals surface area contributed by atoms with Gasteiger partial charge in [-0.15, -0.1) is 0 Å². The van der Waals surface area contributed by atoms with E-state index in [2.05, 4.69) is 9.97 Å². The summed E-state index contributed by atoms with van der Waals surface area (Å²) in [7, 11) is 3.17. The van der Waals surface area contributed by atoms with Crippen molar-refractivity contribution in [3.63, 3.8) is 0 Å². The van der Waals surface area contributed by atoms with Gasteiger partial charge in [-0.2, -0.15) is 0 Å². The van der Waals surface area contributed by atoms with Crippen LogP contribution < -0.4 is 9.64 Å². The normalized spacial score (nSPS) is 11.2. The van der Waals surface area contributed by atoms with Crippen molar-refractivity contribution >= 4 is 11.8 Å². The molecule has 0 unspecified atom stereocenters. The van der Waals surface area contributed by atoms with E-state index < -0.39 is 11.7 Å². The molecule has 0 saturated carbocycles. The van der Waals surface area contributed by atoms with Gasteiger partial charge >= 0.3 is 6.09 Å². The van der Waals surface area contributed by atoms with E-state index in [9.17, 15) is 4.79 Å². The molecule has 7 nitrogen and oxygen atoms in total. The Morgan fingerprint density at radius 1 is 1.15 bits per heavy atom. The molecule has 0 spiro atoms. The first kappa shape index (κ1) is 20.6. The monoisotopic (exact) mass is 373 g/mol. The van der Waals surface area contributed by atoms with Gasteiger partial charge in [0.2, 0.25) is 5.88 Å². The summed E-state index contributed by atoms with van der Waals surface area (Å²) >= 11 is 0. The predicted molar refractivity (Wildman–Crippen MR) is 103 cm³/mol. The Hall–Kier alpha value is -2.67. The number of carbonyl (C=O) groups is 1. The second-order valence-electron chi connectivity index (χ2n) is 7.15. The Morgan fingerprint density at radius 3 is 2.52 bits per heavy atom. The van der Waals surface area contributed by atoms with Crippen LogP contribution in [0.15, 0.2) is 30.6 Å². The molecule has 0 aliphatic rings. The number of ether oxygens (including phenoxy) is 3. The number of aryl methyl sites for hydroxylation is 1. The highest BCUT2D eigenvalue weighted by Gasteiger charge is 2.25. The zero-order valence-corrected chi connectivity index (χ0v) is 16.8. The van der Waals surface area contributed by atoms with E-state index in [-0.39, 0.29) is 6.54 Å². The number of rotatable bonds is 6. The molecule has 2 heterocycles. The van der Waals surface area contributed by atoms with Crippen LogP contribution >= 0.6 is 0 Å². The van der Waals surface area contributed by atoms with E-state index >= 15 is 0 Å². The van der Waals surface area contributed by atoms with Gasteiger partial charge in [-0.1, -0.05) is 0 Å². The van der Waals surface area contributed by atoms with Crippen LogP contribution in [0, 0.1) is 6.92 Å². The molecule has 2 aromatic heterocycles. The van der Waals surface area contributed by atoms with Gasteiger partial charge in [0.1, 0.15) is 5.60 Å². The molecule has 0 aliphatic carbocycles. The number of hydrogen-bond acceptors (Lipinski definition) is 6. The molecular weight excluding hydrogens is 346 g/mol. The lowest BCUT2D eigenvalue weighted by Gasteiger charge is -2.28. The molecule has 0 radical (unpaired) electrons. The molecule has 7 heteroatoms. The van der Waals surface area contributed by atoms with Gasteiger partial charge in [-0.3, -0.25) is 9.88 Å². The highest BCUT2D eigenvalue weighted by molar-refractivity contribution is 5.88. The van der Waals surface area contributed by atoms with Crippen LogP contribution in [0.2, 0.25) is 0 Å². The zero-order chi connectivity index (χ0) is 20.0. The molecule has 2 aromatic rings. The third-order valence-corrected chi connectivity index (χ3v) is 3.70. The third kappa shape index (κ3) is 5.92. The molecular formula is C20H27N3O4. The summed E-state index contributed by atoms with van der Waals surface area (Å²) in [6.45, 7) is 8.14. The molecule has 0 saturated heterocycles. The minimum absolute atomic E-state index is 0.286. The van der Waals surface area contributed by atoms with Gasteiger partial charge in [0.05, 0.1) is 25.9 Å². The largest absolute Gasteiger partial charge is 0.481 e. The van der Waals surface area contributed by atoms with Crippen molar-refractivity contribution < 1.29 is 19.0 Å². The van der Waals surface area contributed by atoms with Crippen LogP contribution in [-0.4, -0.2) is 35.9 Å². The van der Waals surface area contributed by atoms with Gasteiger partial charge < -0.3 is 14.2 Å². The number of aromatic nitrogens is 2. The summed E-state index contributed by atoms with van der Waals surface area (Å²) in [6, 6.07) is 5.39. The van der Waals surface area contributed by atoms with E-state index in [1.807, 2.05) is 33.8 Å². The number of pyridine rings is 2. The van der Waals surface area contributed by atoms with Crippen LogP contribution in [0.5, 0.6) is 5.88 Å². The lowest BCUT2D eigenvalue weighted by atomic mass is 10.1. The highest BCUT2D eigenvalue weighted by Crippen LogP contribution is 2.24. The summed E-state index contributed by atoms with van der Waals surface area (Å²) in [5.41, 5.74) is 2.75. The molecule has 146 valence electrons. The molecule has 0 fully saturated rings. The second kappa shape index (κ2) is 8.81. The molecule has 0 aliphatic heterocycles. The minimum Gasteiger partial charge on any atom is -0.481 e. The highest BCUT2D eigenvalue weighted by atomic mass is 16.6. The number of hydrogen-bond donors (Lipinski definition) is 0. The van der Waals surface area contributed by atoms with E-state index in [1.54, 1.807) is 36.5 Å². The van der Waals surface area contributed by atoms with E-state index in [4.69, 9.17) is 14.2 Å². The summed E-state index contributed by atoms with van der Waals surface area (Å²) < 4.78 is 16.1. The van der Waals surface area contributed by atoms with Gasteiger partial charge in [0.25, 0.3) is 0 Å². The fraction of sp³-hybridized carbons (Fsp3) is 0.450. The summed E-state index contributed by atoms with van der Waals surface area (Å²) in [5.74, 6) is 0.417. The van der Waals surface area contributed by atoms with Crippen molar-refractivity contribution in [2.45, 2.75) is 46.4 Å². The first-order valence-electron chi connectivity index (χ1n) is 8.67. The van der Waals surface area contributed by atoms with Crippen LogP contribution in [0.3, 0.4) is 0 Å². The van der Waals surface area contributed by atoms with Crippen molar-refractivity contribution in [2.75, 3.05) is 19.1 Å². The molecule has 27 heavy (non-hydrogen) atoms. The maximum atomic E-state index is 12.9. The maximum Gasteiger partial charge on any atom is 0.415 e. The first-order valence-corrected chi connectivity index (χ1v) is 8.67. The zero-order valence-electron chi connectivity index (χ0n) is 16.8. The number of nitrogens with zero attached hydrogens (tertiary/aromatic N) is 3. The first-order chi connectivity index (χ1) is 12.7. The maximum absolute atomic E-state index is 12.9. The van der Waals surface area contributed by atoms with E-state index in [1.165, 1.54) is 7.11 Å². The van der Waals surface area contributed by atoms with Crippen molar-refractivity contribution in [1.82, 2.24) is 9.97 Å². The smallest absolute Gasteiger partial charge is 0.415 e. The number of anilines is 1. The fourth-order valence-electron chi connectivity index (χ4n) is 2.50. The molecule has 1 amide bonds. The van der Waals surface area contributed by atoms with Gasteiger partial charge in [0.15, 0.2) is 0 Å². The van der Waals surface area contributed by atoms with Crippen molar-refractivity contribution in [3.8, 4) is 5.88 Å². The summed E-state index contributed by atoms with van der Waals surface area (Å²) in [5, 5.41) is 0. The van der Waals surface area contributed by atoms with Crippen molar-refractivity contribution in [1.29, 1.82) is 0 Å². The average Bonchev–Trinajstić information content (AvgIpc) is 2.60. The Morgan fingerprint density at radius 2 is 1.89 bits per heavy atom.